The van der Waals surface area contributed by atoms with E-state index in [4.69, 9.17) is 16.3 Å². The molecule has 10 heteroatoms. The summed E-state index contributed by atoms with van der Waals surface area (Å²) in [6.45, 7) is 2.66. The highest BCUT2D eigenvalue weighted by Crippen LogP contribution is 2.28. The molecular weight excluding hydrogens is 385 g/mol. The lowest BCUT2D eigenvalue weighted by molar-refractivity contribution is 0.372. The van der Waals surface area contributed by atoms with Crippen LogP contribution in [0, 0.1) is 5.82 Å². The Kier molecular flexibility index (Phi) is 5.49. The van der Waals surface area contributed by atoms with Gasteiger partial charge in [-0.2, -0.15) is 8.42 Å². The lowest BCUT2D eigenvalue weighted by atomic mass is 10.2. The Bertz CT molecular complexity index is 872. The number of nitrogens with zero attached hydrogens (tertiary/aromatic N) is 3. The molecule has 0 saturated carbocycles. The molecule has 0 atom stereocenters. The molecule has 0 spiro atoms. The van der Waals surface area contributed by atoms with E-state index in [2.05, 4.69) is 9.88 Å². The number of pyridine rings is 1. The standard InChI is InChI=1S/C16H17ClFN3O4S/c17-11-25-14-9-16(19-10-15(14)26(22,23)24)21-7-5-20(6-8-21)13-3-1-12(18)2-4-13/h1-4,9-10H,5-8,11H2,(H,22,23,24). The fourth-order valence-corrected chi connectivity index (χ4v) is 3.47. The van der Waals surface area contributed by atoms with Crippen LogP contribution in [0.4, 0.5) is 15.9 Å². The van der Waals surface area contributed by atoms with Crippen LogP contribution in [0.15, 0.2) is 41.4 Å². The van der Waals surface area contributed by atoms with Crippen molar-refractivity contribution in [1.29, 1.82) is 0 Å². The van der Waals surface area contributed by atoms with Gasteiger partial charge in [-0.3, -0.25) is 4.55 Å². The first-order valence-corrected chi connectivity index (χ1v) is 9.77. The van der Waals surface area contributed by atoms with Gasteiger partial charge in [0.25, 0.3) is 10.1 Å². The minimum atomic E-state index is -4.46. The molecule has 1 fully saturated rings. The molecule has 1 N–H and O–H groups in total. The van der Waals surface area contributed by atoms with Crippen molar-refractivity contribution in [2.75, 3.05) is 42.0 Å². The highest BCUT2D eigenvalue weighted by molar-refractivity contribution is 7.86. The Balaban J connectivity index is 1.74. The van der Waals surface area contributed by atoms with Gasteiger partial charge in [-0.1, -0.05) is 11.6 Å². The SMILES string of the molecule is O=S(=O)(O)c1cnc(N2CCN(c3ccc(F)cc3)CC2)cc1OCCl. The van der Waals surface area contributed by atoms with E-state index in [1.807, 2.05) is 4.90 Å². The quantitative estimate of drug-likeness (QED) is 0.608. The topological polar surface area (TPSA) is 83.0 Å². The van der Waals surface area contributed by atoms with Gasteiger partial charge in [0.2, 0.25) is 0 Å². The van der Waals surface area contributed by atoms with E-state index in [0.717, 1.165) is 11.9 Å². The highest BCUT2D eigenvalue weighted by Gasteiger charge is 2.23. The Morgan fingerprint density at radius 1 is 1.15 bits per heavy atom. The van der Waals surface area contributed by atoms with Crippen LogP contribution in [0.3, 0.4) is 0 Å². The van der Waals surface area contributed by atoms with E-state index in [0.29, 0.717) is 32.0 Å². The molecule has 0 amide bonds. The minimum Gasteiger partial charge on any atom is -0.476 e. The zero-order chi connectivity index (χ0) is 18.7. The number of halogens is 2. The molecule has 0 aliphatic carbocycles. The molecule has 1 aliphatic rings. The molecule has 26 heavy (non-hydrogen) atoms. The summed E-state index contributed by atoms with van der Waals surface area (Å²) in [5, 5.41) is 0. The molecule has 2 heterocycles. The fraction of sp³-hybridized carbons (Fsp3) is 0.312. The summed E-state index contributed by atoms with van der Waals surface area (Å²) in [6, 6.07) is 7.50. The Hall–Kier alpha value is -2.10. The third kappa shape index (κ3) is 4.17. The van der Waals surface area contributed by atoms with Crippen LogP contribution in [0.2, 0.25) is 0 Å². The van der Waals surface area contributed by atoms with Crippen molar-refractivity contribution in [3.05, 3.63) is 42.3 Å². The number of benzene rings is 1. The van der Waals surface area contributed by atoms with Gasteiger partial charge in [0.15, 0.2) is 11.0 Å². The molecule has 1 aromatic carbocycles. The molecule has 0 bridgehead atoms. The Morgan fingerprint density at radius 3 is 2.35 bits per heavy atom. The van der Waals surface area contributed by atoms with Gasteiger partial charge in [-0.05, 0) is 24.3 Å². The van der Waals surface area contributed by atoms with Crippen LogP contribution < -0.4 is 14.5 Å². The molecule has 1 saturated heterocycles. The van der Waals surface area contributed by atoms with Crippen molar-refractivity contribution < 1.29 is 22.1 Å². The summed E-state index contributed by atoms with van der Waals surface area (Å²) in [5.41, 5.74) is 0.937. The number of hydrogen-bond donors (Lipinski definition) is 1. The van der Waals surface area contributed by atoms with Gasteiger partial charge in [-0.25, -0.2) is 9.37 Å². The number of aromatic nitrogens is 1. The smallest absolute Gasteiger partial charge is 0.299 e. The summed E-state index contributed by atoms with van der Waals surface area (Å²) >= 11 is 5.53. The first-order valence-electron chi connectivity index (χ1n) is 7.80. The molecule has 0 unspecified atom stereocenters. The molecule has 2 aromatic rings. The third-order valence-electron chi connectivity index (χ3n) is 4.10. The maximum Gasteiger partial charge on any atom is 0.299 e. The highest BCUT2D eigenvalue weighted by atomic mass is 35.5. The van der Waals surface area contributed by atoms with Crippen LogP contribution in [0.1, 0.15) is 0 Å². The number of piperazine rings is 1. The zero-order valence-electron chi connectivity index (χ0n) is 13.7. The van der Waals surface area contributed by atoms with Crippen LogP contribution in [-0.4, -0.2) is 50.2 Å². The van der Waals surface area contributed by atoms with E-state index in [-0.39, 0.29) is 17.6 Å². The first-order chi connectivity index (χ1) is 12.4. The summed E-state index contributed by atoms with van der Waals surface area (Å²) in [6.07, 6.45) is 1.05. The predicted molar refractivity (Wildman–Crippen MR) is 96.2 cm³/mol. The number of alkyl halides is 1. The lowest BCUT2D eigenvalue weighted by Gasteiger charge is -2.36. The number of anilines is 2. The zero-order valence-corrected chi connectivity index (χ0v) is 15.2. The Morgan fingerprint density at radius 2 is 1.77 bits per heavy atom. The minimum absolute atomic E-state index is 0.0477. The second-order valence-corrected chi connectivity index (χ2v) is 7.28. The van der Waals surface area contributed by atoms with Crippen molar-refractivity contribution in [1.82, 2.24) is 4.98 Å². The lowest BCUT2D eigenvalue weighted by Crippen LogP contribution is -2.46. The number of rotatable bonds is 5. The van der Waals surface area contributed by atoms with Crippen LogP contribution in [0.25, 0.3) is 0 Å². The predicted octanol–water partition coefficient (Wildman–Crippen LogP) is 2.37. The summed E-state index contributed by atoms with van der Waals surface area (Å²) < 4.78 is 50.2. The molecule has 1 aliphatic heterocycles. The second kappa shape index (κ2) is 7.65. The summed E-state index contributed by atoms with van der Waals surface area (Å²) in [4.78, 5) is 7.78. The van der Waals surface area contributed by atoms with E-state index in [1.165, 1.54) is 18.2 Å². The molecule has 0 radical (unpaired) electrons. The van der Waals surface area contributed by atoms with Gasteiger partial charge in [0, 0.05) is 37.9 Å². The number of ether oxygens (including phenoxy) is 1. The molecule has 1 aromatic heterocycles. The largest absolute Gasteiger partial charge is 0.476 e. The van der Waals surface area contributed by atoms with Crippen LogP contribution in [0.5, 0.6) is 5.75 Å². The molecule has 3 rings (SSSR count). The molecule has 140 valence electrons. The van der Waals surface area contributed by atoms with Crippen molar-refractivity contribution in [2.45, 2.75) is 4.90 Å². The molecular formula is C16H17ClFN3O4S. The number of hydrogen-bond acceptors (Lipinski definition) is 6. The molecule has 7 nitrogen and oxygen atoms in total. The fourth-order valence-electron chi connectivity index (χ4n) is 2.80. The normalized spacial score (nSPS) is 15.2. The monoisotopic (exact) mass is 401 g/mol. The van der Waals surface area contributed by atoms with Gasteiger partial charge >= 0.3 is 0 Å². The summed E-state index contributed by atoms with van der Waals surface area (Å²) in [7, 11) is -4.46. The maximum absolute atomic E-state index is 13.0. The van der Waals surface area contributed by atoms with Gasteiger partial charge in [0.05, 0.1) is 6.20 Å². The average molecular weight is 402 g/mol. The van der Waals surface area contributed by atoms with Crippen molar-refractivity contribution >= 4 is 33.2 Å². The van der Waals surface area contributed by atoms with Gasteiger partial charge in [-0.15, -0.1) is 0 Å². The van der Waals surface area contributed by atoms with E-state index < -0.39 is 15.0 Å². The first kappa shape index (κ1) is 18.7. The maximum atomic E-state index is 13.0. The van der Waals surface area contributed by atoms with E-state index in [9.17, 15) is 17.4 Å². The second-order valence-electron chi connectivity index (χ2n) is 5.67. The average Bonchev–Trinajstić information content (AvgIpc) is 2.62. The van der Waals surface area contributed by atoms with Crippen LogP contribution >= 0.6 is 11.6 Å². The van der Waals surface area contributed by atoms with Crippen molar-refractivity contribution in [2.24, 2.45) is 0 Å². The summed E-state index contributed by atoms with van der Waals surface area (Å²) in [5.74, 6) is 0.201. The van der Waals surface area contributed by atoms with Gasteiger partial charge in [0.1, 0.15) is 17.4 Å². The Labute approximate surface area is 155 Å². The van der Waals surface area contributed by atoms with E-state index >= 15 is 0 Å². The van der Waals surface area contributed by atoms with Gasteiger partial charge < -0.3 is 14.5 Å². The third-order valence-corrected chi connectivity index (χ3v) is 5.07. The van der Waals surface area contributed by atoms with Crippen molar-refractivity contribution in [3.63, 3.8) is 0 Å². The van der Waals surface area contributed by atoms with Crippen LogP contribution in [-0.2, 0) is 10.1 Å². The van der Waals surface area contributed by atoms with E-state index in [1.54, 1.807) is 12.1 Å². The van der Waals surface area contributed by atoms with Crippen molar-refractivity contribution in [3.8, 4) is 5.75 Å².